The largest absolute Gasteiger partial charge is 0.454 e. The average molecular weight is 379 g/mol. The van der Waals surface area contributed by atoms with Gasteiger partial charge in [-0.15, -0.1) is 0 Å². The minimum atomic E-state index is -0.346. The maximum Gasteiger partial charge on any atom is 0.280 e. The maximum atomic E-state index is 12.8. The molecule has 8 heteroatoms. The molecule has 142 valence electrons. The number of carbonyl (C=O) groups is 3. The normalized spacial score (nSPS) is 18.6. The third-order valence-corrected chi connectivity index (χ3v) is 5.41. The van der Waals surface area contributed by atoms with Crippen LogP contribution in [0.15, 0.2) is 36.5 Å². The van der Waals surface area contributed by atoms with E-state index in [0.29, 0.717) is 48.6 Å². The van der Waals surface area contributed by atoms with Gasteiger partial charge >= 0.3 is 0 Å². The van der Waals surface area contributed by atoms with Crippen LogP contribution in [0.5, 0.6) is 11.5 Å². The fourth-order valence-electron chi connectivity index (χ4n) is 3.96. The lowest BCUT2D eigenvalue weighted by Gasteiger charge is -2.35. The summed E-state index contributed by atoms with van der Waals surface area (Å²) in [4.78, 5) is 45.1. The van der Waals surface area contributed by atoms with Crippen LogP contribution in [-0.2, 0) is 0 Å². The zero-order valence-corrected chi connectivity index (χ0v) is 15.0. The van der Waals surface area contributed by atoms with Gasteiger partial charge in [0.05, 0.1) is 5.56 Å². The molecule has 8 nitrogen and oxygen atoms in total. The number of likely N-dealkylation sites (tertiary alicyclic amines) is 1. The molecule has 0 unspecified atom stereocenters. The molecule has 1 saturated heterocycles. The predicted molar refractivity (Wildman–Crippen MR) is 96.2 cm³/mol. The quantitative estimate of drug-likeness (QED) is 0.738. The van der Waals surface area contributed by atoms with Crippen LogP contribution in [0.2, 0.25) is 0 Å². The zero-order valence-electron chi connectivity index (χ0n) is 15.0. The van der Waals surface area contributed by atoms with Gasteiger partial charge in [0, 0.05) is 30.9 Å². The van der Waals surface area contributed by atoms with Gasteiger partial charge in [-0.25, -0.2) is 0 Å². The number of piperidine rings is 1. The van der Waals surface area contributed by atoms with Crippen molar-refractivity contribution in [2.24, 2.45) is 0 Å². The van der Waals surface area contributed by atoms with E-state index in [0.717, 1.165) is 0 Å². The standard InChI is InChI=1S/C20H17N3O5/c24-18(12-3-4-15-16(10-12)28-11-27-15)22-8-5-13(6-9-22)23-19(25)14-2-1-7-21-17(14)20(23)26/h1-4,7,10,13H,5-6,8-9,11H2. The van der Waals surface area contributed by atoms with E-state index in [9.17, 15) is 14.4 Å². The minimum Gasteiger partial charge on any atom is -0.454 e. The molecular formula is C20H17N3O5. The number of fused-ring (bicyclic) bond motifs is 2. The summed E-state index contributed by atoms with van der Waals surface area (Å²) < 4.78 is 10.6. The van der Waals surface area contributed by atoms with E-state index in [1.807, 2.05) is 0 Å². The molecule has 3 amide bonds. The number of ether oxygens (including phenoxy) is 2. The second-order valence-corrected chi connectivity index (χ2v) is 6.97. The number of hydrogen-bond donors (Lipinski definition) is 0. The number of amides is 3. The summed E-state index contributed by atoms with van der Waals surface area (Å²) >= 11 is 0. The number of nitrogens with zero attached hydrogens (tertiary/aromatic N) is 3. The fourth-order valence-corrected chi connectivity index (χ4v) is 3.96. The van der Waals surface area contributed by atoms with Crippen molar-refractivity contribution in [1.82, 2.24) is 14.8 Å². The van der Waals surface area contributed by atoms with E-state index >= 15 is 0 Å². The molecule has 3 aliphatic heterocycles. The molecule has 5 rings (SSSR count). The highest BCUT2D eigenvalue weighted by molar-refractivity contribution is 6.20. The third-order valence-electron chi connectivity index (χ3n) is 5.41. The summed E-state index contributed by atoms with van der Waals surface area (Å²) in [6.07, 6.45) is 2.60. The summed E-state index contributed by atoms with van der Waals surface area (Å²) in [5.74, 6) is 0.462. The smallest absolute Gasteiger partial charge is 0.280 e. The minimum absolute atomic E-state index is 0.0965. The Morgan fingerprint density at radius 2 is 1.82 bits per heavy atom. The third kappa shape index (κ3) is 2.52. The van der Waals surface area contributed by atoms with Gasteiger partial charge in [-0.05, 0) is 43.2 Å². The second-order valence-electron chi connectivity index (χ2n) is 6.97. The molecular weight excluding hydrogens is 362 g/mol. The number of benzene rings is 1. The van der Waals surface area contributed by atoms with Gasteiger partial charge in [-0.2, -0.15) is 0 Å². The highest BCUT2D eigenvalue weighted by Gasteiger charge is 2.42. The molecule has 1 fully saturated rings. The van der Waals surface area contributed by atoms with Gasteiger partial charge in [0.1, 0.15) is 5.69 Å². The Balaban J connectivity index is 1.28. The van der Waals surface area contributed by atoms with E-state index in [1.165, 1.54) is 11.1 Å². The summed E-state index contributed by atoms with van der Waals surface area (Å²) in [5.41, 5.74) is 1.10. The molecule has 0 spiro atoms. The summed E-state index contributed by atoms with van der Waals surface area (Å²) in [6, 6.07) is 8.19. The molecule has 2 aromatic rings. The lowest BCUT2D eigenvalue weighted by Crippen LogP contribution is -2.48. The molecule has 0 saturated carbocycles. The van der Waals surface area contributed by atoms with Gasteiger partial charge in [0.15, 0.2) is 11.5 Å². The number of imide groups is 1. The molecule has 1 aromatic carbocycles. The van der Waals surface area contributed by atoms with E-state index in [2.05, 4.69) is 4.98 Å². The fraction of sp³-hybridized carbons (Fsp3) is 0.300. The Morgan fingerprint density at radius 3 is 2.61 bits per heavy atom. The van der Waals surface area contributed by atoms with Crippen molar-refractivity contribution in [1.29, 1.82) is 0 Å². The first-order valence-corrected chi connectivity index (χ1v) is 9.15. The lowest BCUT2D eigenvalue weighted by atomic mass is 10.0. The van der Waals surface area contributed by atoms with Crippen molar-refractivity contribution in [3.8, 4) is 11.5 Å². The van der Waals surface area contributed by atoms with Crippen LogP contribution in [0.4, 0.5) is 0 Å². The van der Waals surface area contributed by atoms with Crippen LogP contribution in [0.3, 0.4) is 0 Å². The number of hydrogen-bond acceptors (Lipinski definition) is 6. The number of carbonyl (C=O) groups excluding carboxylic acids is 3. The van der Waals surface area contributed by atoms with Crippen LogP contribution in [0.25, 0.3) is 0 Å². The first-order chi connectivity index (χ1) is 13.6. The van der Waals surface area contributed by atoms with E-state index < -0.39 is 0 Å². The highest BCUT2D eigenvalue weighted by atomic mass is 16.7. The van der Waals surface area contributed by atoms with Gasteiger partial charge < -0.3 is 14.4 Å². The molecule has 3 aliphatic rings. The molecule has 0 bridgehead atoms. The van der Waals surface area contributed by atoms with Gasteiger partial charge in [-0.3, -0.25) is 24.3 Å². The van der Waals surface area contributed by atoms with Crippen LogP contribution < -0.4 is 9.47 Å². The van der Waals surface area contributed by atoms with Crippen molar-refractivity contribution in [2.75, 3.05) is 19.9 Å². The summed E-state index contributed by atoms with van der Waals surface area (Å²) in [6.45, 7) is 1.10. The SMILES string of the molecule is O=C(c1ccc2c(c1)OCO2)N1CCC(N2C(=O)c3cccnc3C2=O)CC1. The van der Waals surface area contributed by atoms with Crippen molar-refractivity contribution in [2.45, 2.75) is 18.9 Å². The first kappa shape index (κ1) is 16.7. The number of rotatable bonds is 2. The molecule has 0 atom stereocenters. The lowest BCUT2D eigenvalue weighted by molar-refractivity contribution is 0.0477. The van der Waals surface area contributed by atoms with E-state index in [1.54, 1.807) is 35.2 Å². The summed E-state index contributed by atoms with van der Waals surface area (Å²) in [7, 11) is 0. The molecule has 0 aliphatic carbocycles. The molecule has 28 heavy (non-hydrogen) atoms. The highest BCUT2D eigenvalue weighted by Crippen LogP contribution is 2.33. The van der Waals surface area contributed by atoms with Crippen LogP contribution in [0, 0.1) is 0 Å². The average Bonchev–Trinajstić information content (AvgIpc) is 3.30. The van der Waals surface area contributed by atoms with Crippen LogP contribution in [0.1, 0.15) is 44.0 Å². The summed E-state index contributed by atoms with van der Waals surface area (Å²) in [5, 5.41) is 0. The van der Waals surface area contributed by atoms with Gasteiger partial charge in [-0.1, -0.05) is 0 Å². The van der Waals surface area contributed by atoms with E-state index in [-0.39, 0.29) is 36.3 Å². The van der Waals surface area contributed by atoms with E-state index in [4.69, 9.17) is 9.47 Å². The van der Waals surface area contributed by atoms with Crippen molar-refractivity contribution < 1.29 is 23.9 Å². The predicted octanol–water partition coefficient (Wildman–Crippen LogP) is 1.71. The Bertz CT molecular complexity index is 962. The monoisotopic (exact) mass is 379 g/mol. The van der Waals surface area contributed by atoms with Crippen molar-refractivity contribution >= 4 is 17.7 Å². The topological polar surface area (TPSA) is 89.0 Å². The Kier molecular flexibility index (Phi) is 3.78. The number of pyridine rings is 1. The molecule has 4 heterocycles. The first-order valence-electron chi connectivity index (χ1n) is 9.15. The van der Waals surface area contributed by atoms with Crippen LogP contribution >= 0.6 is 0 Å². The second kappa shape index (κ2) is 6.33. The Hall–Kier alpha value is -3.42. The van der Waals surface area contributed by atoms with Crippen molar-refractivity contribution in [3.63, 3.8) is 0 Å². The van der Waals surface area contributed by atoms with Gasteiger partial charge in [0.2, 0.25) is 6.79 Å². The molecule has 0 radical (unpaired) electrons. The zero-order chi connectivity index (χ0) is 19.3. The Labute approximate surface area is 160 Å². The van der Waals surface area contributed by atoms with Crippen molar-refractivity contribution in [3.05, 3.63) is 53.3 Å². The number of aromatic nitrogens is 1. The Morgan fingerprint density at radius 1 is 1.04 bits per heavy atom. The van der Waals surface area contributed by atoms with Crippen LogP contribution in [-0.4, -0.2) is 58.4 Å². The molecule has 0 N–H and O–H groups in total. The molecule has 1 aromatic heterocycles. The maximum absolute atomic E-state index is 12.8. The van der Waals surface area contributed by atoms with Gasteiger partial charge in [0.25, 0.3) is 17.7 Å².